The minimum atomic E-state index is -0.920. The van der Waals surface area contributed by atoms with Crippen LogP contribution in [0.15, 0.2) is 34.8 Å². The second-order valence-corrected chi connectivity index (χ2v) is 5.67. The van der Waals surface area contributed by atoms with Gasteiger partial charge in [0.2, 0.25) is 0 Å². The van der Waals surface area contributed by atoms with E-state index in [9.17, 15) is 13.9 Å². The summed E-state index contributed by atoms with van der Waals surface area (Å²) in [5.74, 6) is -1.26. The number of aliphatic hydroxyl groups excluding tert-OH is 1. The first-order valence-corrected chi connectivity index (χ1v) is 7.17. The number of aryl methyl sites for hydroxylation is 1. The molecule has 0 aliphatic rings. The third kappa shape index (κ3) is 3.60. The molecule has 21 heavy (non-hydrogen) atoms. The summed E-state index contributed by atoms with van der Waals surface area (Å²) < 4.78 is 32.2. The fraction of sp³-hybridized carbons (Fsp3) is 0.250. The predicted molar refractivity (Wildman–Crippen MR) is 80.5 cm³/mol. The fourth-order valence-electron chi connectivity index (χ4n) is 2.11. The highest BCUT2D eigenvalue weighted by Crippen LogP contribution is 2.32. The molecule has 5 heteroatoms. The minimum absolute atomic E-state index is 0.170. The minimum Gasteiger partial charge on any atom is -0.496 e. The van der Waals surface area contributed by atoms with E-state index < -0.39 is 17.7 Å². The van der Waals surface area contributed by atoms with Crippen molar-refractivity contribution in [1.82, 2.24) is 0 Å². The maximum atomic E-state index is 13.2. The van der Waals surface area contributed by atoms with Crippen molar-refractivity contribution in [2.45, 2.75) is 19.4 Å². The Morgan fingerprint density at radius 2 is 1.90 bits per heavy atom. The van der Waals surface area contributed by atoms with Gasteiger partial charge in [-0.15, -0.1) is 0 Å². The molecule has 0 spiro atoms. The molecule has 0 aliphatic heterocycles. The molecular formula is C16H15BrF2O2. The van der Waals surface area contributed by atoms with Gasteiger partial charge in [-0.05, 0) is 42.3 Å². The highest BCUT2D eigenvalue weighted by molar-refractivity contribution is 9.10. The maximum Gasteiger partial charge on any atom is 0.159 e. The molecule has 2 aromatic carbocycles. The van der Waals surface area contributed by atoms with E-state index in [2.05, 4.69) is 15.9 Å². The van der Waals surface area contributed by atoms with Gasteiger partial charge < -0.3 is 9.84 Å². The van der Waals surface area contributed by atoms with Crippen LogP contribution >= 0.6 is 15.9 Å². The van der Waals surface area contributed by atoms with Crippen LogP contribution in [0.1, 0.15) is 22.8 Å². The first-order valence-electron chi connectivity index (χ1n) is 6.38. The number of ether oxygens (including phenoxy) is 1. The lowest BCUT2D eigenvalue weighted by atomic mass is 9.99. The van der Waals surface area contributed by atoms with Gasteiger partial charge in [0.25, 0.3) is 0 Å². The largest absolute Gasteiger partial charge is 0.496 e. The summed E-state index contributed by atoms with van der Waals surface area (Å²) in [5, 5.41) is 10.3. The zero-order valence-corrected chi connectivity index (χ0v) is 13.2. The van der Waals surface area contributed by atoms with Gasteiger partial charge in [-0.2, -0.15) is 0 Å². The lowest BCUT2D eigenvalue weighted by molar-refractivity contribution is 0.174. The zero-order valence-electron chi connectivity index (χ0n) is 11.7. The van der Waals surface area contributed by atoms with Crippen molar-refractivity contribution in [1.29, 1.82) is 0 Å². The number of methoxy groups -OCH3 is 1. The highest BCUT2D eigenvalue weighted by Gasteiger charge is 2.16. The average molecular weight is 357 g/mol. The van der Waals surface area contributed by atoms with Crippen LogP contribution in [0, 0.1) is 18.6 Å². The van der Waals surface area contributed by atoms with E-state index in [0.29, 0.717) is 16.9 Å². The fourth-order valence-corrected chi connectivity index (χ4v) is 2.47. The Labute approximate surface area is 130 Å². The van der Waals surface area contributed by atoms with Crippen molar-refractivity contribution >= 4 is 15.9 Å². The Morgan fingerprint density at radius 1 is 1.19 bits per heavy atom. The van der Waals surface area contributed by atoms with Gasteiger partial charge in [-0.1, -0.05) is 22.0 Å². The molecule has 0 bridgehead atoms. The molecule has 0 amide bonds. The Bertz CT molecular complexity index is 659. The molecule has 0 saturated heterocycles. The molecule has 1 N–H and O–H groups in total. The van der Waals surface area contributed by atoms with Crippen molar-refractivity contribution < 1.29 is 18.6 Å². The first kappa shape index (κ1) is 15.9. The standard InChI is InChI=1S/C16H15BrF2O2/c1-9-5-16(21-2)11(8-12(9)17)15(20)7-10-3-4-13(18)14(19)6-10/h3-6,8,15,20H,7H2,1-2H3. The highest BCUT2D eigenvalue weighted by atomic mass is 79.9. The molecule has 0 saturated carbocycles. The van der Waals surface area contributed by atoms with Crippen molar-refractivity contribution in [3.8, 4) is 5.75 Å². The summed E-state index contributed by atoms with van der Waals surface area (Å²) in [4.78, 5) is 0. The monoisotopic (exact) mass is 356 g/mol. The van der Waals surface area contributed by atoms with Crippen LogP contribution in [0.2, 0.25) is 0 Å². The normalized spacial score (nSPS) is 12.3. The number of aliphatic hydroxyl groups is 1. The van der Waals surface area contributed by atoms with Crippen LogP contribution in [0.25, 0.3) is 0 Å². The number of hydrogen-bond acceptors (Lipinski definition) is 2. The molecule has 1 atom stereocenters. The van der Waals surface area contributed by atoms with Gasteiger partial charge in [0.05, 0.1) is 13.2 Å². The molecule has 0 aliphatic carbocycles. The Morgan fingerprint density at radius 3 is 2.52 bits per heavy atom. The van der Waals surface area contributed by atoms with Crippen molar-refractivity contribution in [2.24, 2.45) is 0 Å². The number of hydrogen-bond donors (Lipinski definition) is 1. The second kappa shape index (κ2) is 6.54. The SMILES string of the molecule is COc1cc(C)c(Br)cc1C(O)Cc1ccc(F)c(F)c1. The summed E-state index contributed by atoms with van der Waals surface area (Å²) in [7, 11) is 1.52. The smallest absolute Gasteiger partial charge is 0.159 e. The summed E-state index contributed by atoms with van der Waals surface area (Å²) in [6, 6.07) is 7.19. The van der Waals surface area contributed by atoms with Gasteiger partial charge in [0.1, 0.15) is 5.75 Å². The van der Waals surface area contributed by atoms with Crippen LogP contribution in [0.5, 0.6) is 5.75 Å². The van der Waals surface area contributed by atoms with E-state index in [-0.39, 0.29) is 6.42 Å². The third-order valence-electron chi connectivity index (χ3n) is 3.28. The van der Waals surface area contributed by atoms with Gasteiger partial charge in [-0.3, -0.25) is 0 Å². The van der Waals surface area contributed by atoms with E-state index in [1.807, 2.05) is 13.0 Å². The first-order chi connectivity index (χ1) is 9.92. The Kier molecular flexibility index (Phi) is 4.96. The van der Waals surface area contributed by atoms with E-state index in [1.165, 1.54) is 13.2 Å². The molecule has 0 aromatic heterocycles. The Hall–Kier alpha value is -1.46. The van der Waals surface area contributed by atoms with Crippen LogP contribution in [0.4, 0.5) is 8.78 Å². The van der Waals surface area contributed by atoms with Crippen molar-refractivity contribution in [3.63, 3.8) is 0 Å². The lowest BCUT2D eigenvalue weighted by Gasteiger charge is -2.16. The van der Waals surface area contributed by atoms with Gasteiger partial charge in [-0.25, -0.2) is 8.78 Å². The predicted octanol–water partition coefficient (Wildman–Crippen LogP) is 4.32. The lowest BCUT2D eigenvalue weighted by Crippen LogP contribution is -2.05. The van der Waals surface area contributed by atoms with Crippen LogP contribution in [-0.4, -0.2) is 12.2 Å². The summed E-state index contributed by atoms with van der Waals surface area (Å²) in [6.45, 7) is 1.91. The van der Waals surface area contributed by atoms with Crippen molar-refractivity contribution in [2.75, 3.05) is 7.11 Å². The topological polar surface area (TPSA) is 29.5 Å². The van der Waals surface area contributed by atoms with Crippen molar-refractivity contribution in [3.05, 3.63) is 63.1 Å². The molecule has 0 radical (unpaired) electrons. The van der Waals surface area contributed by atoms with E-state index in [4.69, 9.17) is 4.74 Å². The maximum absolute atomic E-state index is 13.2. The van der Waals surface area contributed by atoms with E-state index in [1.54, 1.807) is 6.07 Å². The molecule has 1 unspecified atom stereocenters. The second-order valence-electron chi connectivity index (χ2n) is 4.81. The average Bonchev–Trinajstić information content (AvgIpc) is 2.45. The van der Waals surface area contributed by atoms with Gasteiger partial charge >= 0.3 is 0 Å². The Balaban J connectivity index is 2.29. The zero-order chi connectivity index (χ0) is 15.6. The van der Waals surface area contributed by atoms with Gasteiger partial charge in [0.15, 0.2) is 11.6 Å². The molecule has 2 aromatic rings. The number of rotatable bonds is 4. The molecule has 2 rings (SSSR count). The molecular weight excluding hydrogens is 342 g/mol. The quantitative estimate of drug-likeness (QED) is 0.883. The third-order valence-corrected chi connectivity index (χ3v) is 4.14. The summed E-state index contributed by atoms with van der Waals surface area (Å²) in [5.41, 5.74) is 2.09. The molecule has 0 heterocycles. The van der Waals surface area contributed by atoms with Crippen LogP contribution in [0.3, 0.4) is 0 Å². The molecule has 0 fully saturated rings. The molecule has 112 valence electrons. The van der Waals surface area contributed by atoms with Crippen LogP contribution in [-0.2, 0) is 6.42 Å². The van der Waals surface area contributed by atoms with E-state index >= 15 is 0 Å². The number of benzene rings is 2. The van der Waals surface area contributed by atoms with E-state index in [0.717, 1.165) is 22.2 Å². The van der Waals surface area contributed by atoms with Gasteiger partial charge in [0, 0.05) is 16.5 Å². The summed E-state index contributed by atoms with van der Waals surface area (Å²) in [6.07, 6.45) is -0.704. The number of halogens is 3. The van der Waals surface area contributed by atoms with Crippen LogP contribution < -0.4 is 4.74 Å². The summed E-state index contributed by atoms with van der Waals surface area (Å²) >= 11 is 3.41. The molecule has 2 nitrogen and oxygen atoms in total.